The first-order valence-corrected chi connectivity index (χ1v) is 9.11. The molecule has 2 aromatic rings. The lowest BCUT2D eigenvalue weighted by atomic mass is 10.1. The van der Waals surface area contributed by atoms with Crippen LogP contribution in [0.1, 0.15) is 55.3 Å². The molecule has 0 spiro atoms. The van der Waals surface area contributed by atoms with Crippen molar-refractivity contribution in [1.29, 1.82) is 0 Å². The van der Waals surface area contributed by atoms with Gasteiger partial charge in [-0.1, -0.05) is 55.5 Å². The molecule has 0 amide bonds. The van der Waals surface area contributed by atoms with E-state index < -0.39 is 0 Å². The second-order valence-electron chi connectivity index (χ2n) is 6.89. The molecule has 0 unspecified atom stereocenters. The summed E-state index contributed by atoms with van der Waals surface area (Å²) < 4.78 is 0. The number of aryl methyl sites for hydroxylation is 2. The average Bonchev–Trinajstić information content (AvgIpc) is 2.81. The minimum atomic E-state index is 0.548. The highest BCUT2D eigenvalue weighted by Crippen LogP contribution is 2.21. The van der Waals surface area contributed by atoms with Gasteiger partial charge in [0.1, 0.15) is 5.82 Å². The lowest BCUT2D eigenvalue weighted by Gasteiger charge is -2.18. The van der Waals surface area contributed by atoms with Crippen molar-refractivity contribution >= 4 is 11.8 Å². The second kappa shape index (κ2) is 8.13. The summed E-state index contributed by atoms with van der Waals surface area (Å²) in [6.45, 7) is 4.88. The fourth-order valence-electron chi connectivity index (χ4n) is 3.36. The molecule has 1 aliphatic carbocycles. The average molecular weight is 324 g/mol. The highest BCUT2D eigenvalue weighted by atomic mass is 15.1. The first kappa shape index (κ1) is 16.7. The van der Waals surface area contributed by atoms with Crippen LogP contribution in [-0.2, 0) is 6.54 Å². The number of aromatic nitrogens is 2. The molecule has 1 heterocycles. The Morgan fingerprint density at radius 3 is 2.54 bits per heavy atom. The molecule has 0 saturated heterocycles. The highest BCUT2D eigenvalue weighted by molar-refractivity contribution is 5.43. The SMILES string of the molecule is Cc1cccc(CNc2nc(C)cc(NC3CCCCCC3)n2)c1. The molecule has 0 aliphatic heterocycles. The third kappa shape index (κ3) is 4.95. The molecule has 4 nitrogen and oxygen atoms in total. The molecule has 128 valence electrons. The Hall–Kier alpha value is -2.10. The van der Waals surface area contributed by atoms with E-state index in [9.17, 15) is 0 Å². The Kier molecular flexibility index (Phi) is 5.68. The summed E-state index contributed by atoms with van der Waals surface area (Å²) in [4.78, 5) is 9.18. The molecular weight excluding hydrogens is 296 g/mol. The van der Waals surface area contributed by atoms with Crippen LogP contribution >= 0.6 is 0 Å². The first-order valence-electron chi connectivity index (χ1n) is 9.11. The maximum atomic E-state index is 4.66. The van der Waals surface area contributed by atoms with Crippen LogP contribution in [0.5, 0.6) is 0 Å². The molecule has 1 aliphatic rings. The van der Waals surface area contributed by atoms with Crippen molar-refractivity contribution in [1.82, 2.24) is 9.97 Å². The molecule has 1 saturated carbocycles. The van der Waals surface area contributed by atoms with E-state index in [1.165, 1.54) is 49.7 Å². The van der Waals surface area contributed by atoms with Crippen molar-refractivity contribution in [2.24, 2.45) is 0 Å². The summed E-state index contributed by atoms with van der Waals surface area (Å²) in [6, 6.07) is 11.1. The molecule has 1 aromatic carbocycles. The summed E-state index contributed by atoms with van der Waals surface area (Å²) >= 11 is 0. The molecule has 1 fully saturated rings. The molecule has 2 N–H and O–H groups in total. The van der Waals surface area contributed by atoms with Crippen molar-refractivity contribution < 1.29 is 0 Å². The molecule has 24 heavy (non-hydrogen) atoms. The van der Waals surface area contributed by atoms with Crippen LogP contribution in [0.3, 0.4) is 0 Å². The Balaban J connectivity index is 1.64. The van der Waals surface area contributed by atoms with E-state index in [0.29, 0.717) is 12.0 Å². The normalized spacial score (nSPS) is 15.8. The molecule has 4 heteroatoms. The smallest absolute Gasteiger partial charge is 0.225 e. The fourth-order valence-corrected chi connectivity index (χ4v) is 3.36. The van der Waals surface area contributed by atoms with E-state index in [1.54, 1.807) is 0 Å². The number of benzene rings is 1. The molecule has 0 bridgehead atoms. The molecular formula is C20H28N4. The maximum absolute atomic E-state index is 4.66. The van der Waals surface area contributed by atoms with Crippen molar-refractivity contribution in [2.45, 2.75) is 65.0 Å². The van der Waals surface area contributed by atoms with Gasteiger partial charge in [-0.05, 0) is 32.3 Å². The van der Waals surface area contributed by atoms with Crippen LogP contribution in [-0.4, -0.2) is 16.0 Å². The van der Waals surface area contributed by atoms with E-state index in [0.717, 1.165) is 18.1 Å². The lowest BCUT2D eigenvalue weighted by Crippen LogP contribution is -2.19. The number of nitrogens with one attached hydrogen (secondary N) is 2. The zero-order valence-electron chi connectivity index (χ0n) is 14.8. The quantitative estimate of drug-likeness (QED) is 0.773. The van der Waals surface area contributed by atoms with Crippen LogP contribution in [0.4, 0.5) is 11.8 Å². The predicted molar refractivity (Wildman–Crippen MR) is 100 cm³/mol. The van der Waals surface area contributed by atoms with Crippen LogP contribution in [0.15, 0.2) is 30.3 Å². The van der Waals surface area contributed by atoms with Gasteiger partial charge >= 0.3 is 0 Å². The predicted octanol–water partition coefficient (Wildman–Crippen LogP) is 4.84. The maximum Gasteiger partial charge on any atom is 0.225 e. The largest absolute Gasteiger partial charge is 0.367 e. The van der Waals surface area contributed by atoms with Gasteiger partial charge < -0.3 is 10.6 Å². The number of hydrogen-bond acceptors (Lipinski definition) is 4. The van der Waals surface area contributed by atoms with Gasteiger partial charge in [0.25, 0.3) is 0 Å². The van der Waals surface area contributed by atoms with E-state index >= 15 is 0 Å². The van der Waals surface area contributed by atoms with Gasteiger partial charge in [0, 0.05) is 24.3 Å². The summed E-state index contributed by atoms with van der Waals surface area (Å²) in [5, 5.41) is 6.98. The number of rotatable bonds is 5. The zero-order valence-corrected chi connectivity index (χ0v) is 14.8. The minimum absolute atomic E-state index is 0.548. The van der Waals surface area contributed by atoms with E-state index in [4.69, 9.17) is 0 Å². The molecule has 0 atom stereocenters. The summed E-state index contributed by atoms with van der Waals surface area (Å²) in [6.07, 6.45) is 7.86. The van der Waals surface area contributed by atoms with Crippen molar-refractivity contribution in [3.63, 3.8) is 0 Å². The standard InChI is InChI=1S/C20H28N4/c1-15-8-7-9-17(12-15)14-21-20-22-16(2)13-19(24-20)23-18-10-5-3-4-6-11-18/h7-9,12-13,18H,3-6,10-11,14H2,1-2H3,(H2,21,22,23,24). The van der Waals surface area contributed by atoms with Gasteiger partial charge in [-0.2, -0.15) is 4.98 Å². The Labute approximate surface area is 145 Å². The lowest BCUT2D eigenvalue weighted by molar-refractivity contribution is 0.617. The molecule has 1 aromatic heterocycles. The second-order valence-corrected chi connectivity index (χ2v) is 6.89. The third-order valence-electron chi connectivity index (χ3n) is 4.59. The Morgan fingerprint density at radius 1 is 1.00 bits per heavy atom. The van der Waals surface area contributed by atoms with Gasteiger partial charge in [-0.15, -0.1) is 0 Å². The van der Waals surface area contributed by atoms with Crippen molar-refractivity contribution in [3.05, 3.63) is 47.2 Å². The zero-order chi connectivity index (χ0) is 16.8. The van der Waals surface area contributed by atoms with Gasteiger partial charge in [0.05, 0.1) is 0 Å². The third-order valence-corrected chi connectivity index (χ3v) is 4.59. The number of anilines is 2. The van der Waals surface area contributed by atoms with Gasteiger partial charge in [0.2, 0.25) is 5.95 Å². The number of nitrogens with zero attached hydrogens (tertiary/aromatic N) is 2. The minimum Gasteiger partial charge on any atom is -0.367 e. The summed E-state index contributed by atoms with van der Waals surface area (Å²) in [7, 11) is 0. The molecule has 3 rings (SSSR count). The summed E-state index contributed by atoms with van der Waals surface area (Å²) in [5.41, 5.74) is 3.52. The van der Waals surface area contributed by atoms with Crippen LogP contribution in [0.2, 0.25) is 0 Å². The van der Waals surface area contributed by atoms with Gasteiger partial charge in [0.15, 0.2) is 0 Å². The highest BCUT2D eigenvalue weighted by Gasteiger charge is 2.13. The van der Waals surface area contributed by atoms with E-state index in [1.807, 2.05) is 13.0 Å². The van der Waals surface area contributed by atoms with Crippen LogP contribution in [0.25, 0.3) is 0 Å². The van der Waals surface area contributed by atoms with Crippen molar-refractivity contribution in [3.8, 4) is 0 Å². The summed E-state index contributed by atoms with van der Waals surface area (Å²) in [5.74, 6) is 1.65. The van der Waals surface area contributed by atoms with Crippen molar-refractivity contribution in [2.75, 3.05) is 10.6 Å². The topological polar surface area (TPSA) is 49.8 Å². The first-order chi connectivity index (χ1) is 11.7. The fraction of sp³-hybridized carbons (Fsp3) is 0.500. The molecule has 0 radical (unpaired) electrons. The van der Waals surface area contributed by atoms with Gasteiger partial charge in [-0.25, -0.2) is 4.98 Å². The number of hydrogen-bond donors (Lipinski definition) is 2. The Morgan fingerprint density at radius 2 is 1.79 bits per heavy atom. The van der Waals surface area contributed by atoms with E-state index in [-0.39, 0.29) is 0 Å². The van der Waals surface area contributed by atoms with Crippen LogP contribution in [0, 0.1) is 13.8 Å². The monoisotopic (exact) mass is 324 g/mol. The Bertz CT molecular complexity index is 660. The van der Waals surface area contributed by atoms with Crippen LogP contribution < -0.4 is 10.6 Å². The van der Waals surface area contributed by atoms with E-state index in [2.05, 4.69) is 51.8 Å². The van der Waals surface area contributed by atoms with Gasteiger partial charge in [-0.3, -0.25) is 0 Å².